The van der Waals surface area contributed by atoms with Crippen molar-refractivity contribution >= 4 is 11.7 Å². The van der Waals surface area contributed by atoms with Crippen LogP contribution in [0.1, 0.15) is 0 Å². The molecule has 1 aliphatic rings. The van der Waals surface area contributed by atoms with Gasteiger partial charge in [0.1, 0.15) is 6.04 Å². The minimum atomic E-state index is -0.826. The Balaban J connectivity index is 2.26. The summed E-state index contributed by atoms with van der Waals surface area (Å²) in [6.07, 6.45) is 1.62. The van der Waals surface area contributed by atoms with Gasteiger partial charge in [-0.25, -0.2) is 9.78 Å². The average molecular weight is 237 g/mol. The van der Waals surface area contributed by atoms with Gasteiger partial charge in [0.2, 0.25) is 5.88 Å². The molecule has 1 unspecified atom stereocenters. The van der Waals surface area contributed by atoms with Gasteiger partial charge in [-0.3, -0.25) is 0 Å². The smallest absolute Gasteiger partial charge is 0.327 e. The van der Waals surface area contributed by atoms with E-state index in [0.29, 0.717) is 19.0 Å². The van der Waals surface area contributed by atoms with Gasteiger partial charge in [0.15, 0.2) is 0 Å². The molecule has 2 N–H and O–H groups in total. The monoisotopic (exact) mass is 237 g/mol. The standard InChI is InChI=1S/C11H15N3O3/c1-17-10-6-8(2-3-13-10)14-5-4-12-7-9(14)11(15)16/h2-3,6,9,12H,4-5,7H2,1H3,(H,15,16). The number of pyridine rings is 1. The fourth-order valence-electron chi connectivity index (χ4n) is 1.92. The first-order chi connectivity index (χ1) is 8.22. The third-order valence-corrected chi connectivity index (χ3v) is 2.79. The molecule has 2 heterocycles. The highest BCUT2D eigenvalue weighted by Gasteiger charge is 2.28. The van der Waals surface area contributed by atoms with Crippen LogP contribution in [0, 0.1) is 0 Å². The number of rotatable bonds is 3. The maximum Gasteiger partial charge on any atom is 0.327 e. The number of nitrogens with zero attached hydrogens (tertiary/aromatic N) is 2. The van der Waals surface area contributed by atoms with Gasteiger partial charge in [0, 0.05) is 37.6 Å². The highest BCUT2D eigenvalue weighted by molar-refractivity contribution is 5.79. The summed E-state index contributed by atoms with van der Waals surface area (Å²) in [6.45, 7) is 1.87. The Hall–Kier alpha value is -1.82. The lowest BCUT2D eigenvalue weighted by Crippen LogP contribution is -2.55. The van der Waals surface area contributed by atoms with Crippen LogP contribution in [0.3, 0.4) is 0 Å². The van der Waals surface area contributed by atoms with Crippen molar-refractivity contribution in [2.75, 3.05) is 31.6 Å². The molecule has 2 rings (SSSR count). The predicted octanol–water partition coefficient (Wildman–Crippen LogP) is -0.0470. The molecule has 17 heavy (non-hydrogen) atoms. The van der Waals surface area contributed by atoms with Gasteiger partial charge in [-0.15, -0.1) is 0 Å². The number of ether oxygens (including phenoxy) is 1. The molecule has 0 radical (unpaired) electrons. The van der Waals surface area contributed by atoms with E-state index in [1.165, 1.54) is 0 Å². The molecule has 6 heteroatoms. The number of hydrogen-bond donors (Lipinski definition) is 2. The molecule has 6 nitrogen and oxygen atoms in total. The Labute approximate surface area is 99.2 Å². The number of carboxylic acids is 1. The van der Waals surface area contributed by atoms with Crippen molar-refractivity contribution in [1.29, 1.82) is 0 Å². The fourth-order valence-corrected chi connectivity index (χ4v) is 1.92. The summed E-state index contributed by atoms with van der Waals surface area (Å²) >= 11 is 0. The van der Waals surface area contributed by atoms with Gasteiger partial charge >= 0.3 is 5.97 Å². The Morgan fingerprint density at radius 3 is 3.24 bits per heavy atom. The molecule has 0 spiro atoms. The van der Waals surface area contributed by atoms with E-state index in [2.05, 4.69) is 10.3 Å². The molecule has 0 saturated carbocycles. The van der Waals surface area contributed by atoms with Crippen molar-refractivity contribution in [1.82, 2.24) is 10.3 Å². The maximum atomic E-state index is 11.2. The minimum absolute atomic E-state index is 0.444. The van der Waals surface area contributed by atoms with Crippen LogP contribution in [-0.2, 0) is 4.79 Å². The molecule has 0 aromatic carbocycles. The van der Waals surface area contributed by atoms with E-state index in [4.69, 9.17) is 9.84 Å². The number of anilines is 1. The van der Waals surface area contributed by atoms with Crippen molar-refractivity contribution in [2.45, 2.75) is 6.04 Å². The number of carbonyl (C=O) groups is 1. The third-order valence-electron chi connectivity index (χ3n) is 2.79. The summed E-state index contributed by atoms with van der Waals surface area (Å²) in [4.78, 5) is 17.0. The van der Waals surface area contributed by atoms with E-state index in [1.54, 1.807) is 25.4 Å². The number of methoxy groups -OCH3 is 1. The van der Waals surface area contributed by atoms with E-state index in [0.717, 1.165) is 12.2 Å². The zero-order valence-corrected chi connectivity index (χ0v) is 9.59. The van der Waals surface area contributed by atoms with Crippen molar-refractivity contribution in [3.8, 4) is 5.88 Å². The SMILES string of the molecule is COc1cc(N2CCNCC2C(=O)O)ccn1. The highest BCUT2D eigenvalue weighted by atomic mass is 16.5. The number of carboxylic acid groups (broad SMARTS) is 1. The first kappa shape index (κ1) is 11.7. The van der Waals surface area contributed by atoms with E-state index >= 15 is 0 Å². The summed E-state index contributed by atoms with van der Waals surface area (Å²) in [5, 5.41) is 12.2. The van der Waals surface area contributed by atoms with E-state index < -0.39 is 12.0 Å². The molecule has 0 bridgehead atoms. The second kappa shape index (κ2) is 5.01. The number of aromatic nitrogens is 1. The second-order valence-corrected chi connectivity index (χ2v) is 3.81. The van der Waals surface area contributed by atoms with Gasteiger partial charge in [0.05, 0.1) is 7.11 Å². The fraction of sp³-hybridized carbons (Fsp3) is 0.455. The van der Waals surface area contributed by atoms with Crippen molar-refractivity contribution in [2.24, 2.45) is 0 Å². The Kier molecular flexibility index (Phi) is 3.43. The van der Waals surface area contributed by atoms with Gasteiger partial charge < -0.3 is 20.1 Å². The topological polar surface area (TPSA) is 74.7 Å². The van der Waals surface area contributed by atoms with Crippen LogP contribution in [-0.4, -0.2) is 48.8 Å². The minimum Gasteiger partial charge on any atom is -0.481 e. The molecule has 0 amide bonds. The predicted molar refractivity (Wildman–Crippen MR) is 62.4 cm³/mol. The van der Waals surface area contributed by atoms with Crippen LogP contribution in [0.2, 0.25) is 0 Å². The van der Waals surface area contributed by atoms with Crippen molar-refractivity contribution < 1.29 is 14.6 Å². The molecule has 1 aromatic rings. The van der Waals surface area contributed by atoms with Crippen LogP contribution in [0.4, 0.5) is 5.69 Å². The van der Waals surface area contributed by atoms with Crippen LogP contribution in [0.15, 0.2) is 18.3 Å². The lowest BCUT2D eigenvalue weighted by atomic mass is 10.1. The molecule has 1 aromatic heterocycles. The zero-order chi connectivity index (χ0) is 12.3. The molecule has 1 atom stereocenters. The average Bonchev–Trinajstić information content (AvgIpc) is 2.39. The van der Waals surface area contributed by atoms with Crippen molar-refractivity contribution in [3.05, 3.63) is 18.3 Å². The second-order valence-electron chi connectivity index (χ2n) is 3.81. The Morgan fingerprint density at radius 1 is 1.71 bits per heavy atom. The van der Waals surface area contributed by atoms with Crippen LogP contribution < -0.4 is 15.0 Å². The number of aliphatic carboxylic acids is 1. The van der Waals surface area contributed by atoms with Crippen molar-refractivity contribution in [3.63, 3.8) is 0 Å². The molecule has 1 aliphatic heterocycles. The van der Waals surface area contributed by atoms with Gasteiger partial charge in [-0.2, -0.15) is 0 Å². The first-order valence-corrected chi connectivity index (χ1v) is 5.42. The summed E-state index contributed by atoms with van der Waals surface area (Å²) in [5.41, 5.74) is 0.825. The number of nitrogens with one attached hydrogen (secondary N) is 1. The normalized spacial score (nSPS) is 20.1. The van der Waals surface area contributed by atoms with Gasteiger partial charge in [0.25, 0.3) is 0 Å². The van der Waals surface area contributed by atoms with Crippen LogP contribution >= 0.6 is 0 Å². The molecule has 1 fully saturated rings. The van der Waals surface area contributed by atoms with Gasteiger partial charge in [-0.1, -0.05) is 0 Å². The summed E-state index contributed by atoms with van der Waals surface area (Å²) < 4.78 is 5.04. The van der Waals surface area contributed by atoms with Gasteiger partial charge in [-0.05, 0) is 6.07 Å². The number of piperazine rings is 1. The highest BCUT2D eigenvalue weighted by Crippen LogP contribution is 2.21. The largest absolute Gasteiger partial charge is 0.481 e. The van der Waals surface area contributed by atoms with E-state index in [1.807, 2.05) is 4.90 Å². The molecule has 92 valence electrons. The molecular weight excluding hydrogens is 222 g/mol. The lowest BCUT2D eigenvalue weighted by Gasteiger charge is -2.35. The quantitative estimate of drug-likeness (QED) is 0.768. The van der Waals surface area contributed by atoms with Crippen LogP contribution in [0.5, 0.6) is 5.88 Å². The summed E-state index contributed by atoms with van der Waals surface area (Å²) in [7, 11) is 1.54. The Morgan fingerprint density at radius 2 is 2.53 bits per heavy atom. The Bertz CT molecular complexity index is 411. The van der Waals surface area contributed by atoms with E-state index in [9.17, 15) is 4.79 Å². The molecular formula is C11H15N3O3. The van der Waals surface area contributed by atoms with E-state index in [-0.39, 0.29) is 0 Å². The molecule has 0 aliphatic carbocycles. The first-order valence-electron chi connectivity index (χ1n) is 5.42. The summed E-state index contributed by atoms with van der Waals surface area (Å²) in [5.74, 6) is -0.335. The molecule has 1 saturated heterocycles. The zero-order valence-electron chi connectivity index (χ0n) is 9.59. The lowest BCUT2D eigenvalue weighted by molar-refractivity contribution is -0.138. The summed E-state index contributed by atoms with van der Waals surface area (Å²) in [6, 6.07) is 3.00. The maximum absolute atomic E-state index is 11.2. The third kappa shape index (κ3) is 2.47. The number of hydrogen-bond acceptors (Lipinski definition) is 5. The van der Waals surface area contributed by atoms with Crippen LogP contribution in [0.25, 0.3) is 0 Å².